The fourth-order valence-electron chi connectivity index (χ4n) is 3.29. The van der Waals surface area contributed by atoms with Gasteiger partial charge in [0.25, 0.3) is 0 Å². The van der Waals surface area contributed by atoms with Crippen molar-refractivity contribution in [1.82, 2.24) is 14.9 Å². The lowest BCUT2D eigenvalue weighted by molar-refractivity contribution is -0.140. The van der Waals surface area contributed by atoms with Crippen molar-refractivity contribution >= 4 is 39.2 Å². The lowest BCUT2D eigenvalue weighted by atomic mass is 10.2. The van der Waals surface area contributed by atoms with Gasteiger partial charge in [0.2, 0.25) is 5.91 Å². The Morgan fingerprint density at radius 3 is 2.68 bits per heavy atom. The SMILES string of the molecule is CC1CN(C(=O)CSc2ncnc3cc(-c4ccc(F)cc4)sc23)CC(C)O1. The molecule has 2 atom stereocenters. The molecule has 3 aromatic rings. The van der Waals surface area contributed by atoms with Crippen molar-refractivity contribution in [3.63, 3.8) is 0 Å². The van der Waals surface area contributed by atoms with Gasteiger partial charge in [-0.2, -0.15) is 0 Å². The van der Waals surface area contributed by atoms with Crippen LogP contribution in [0.25, 0.3) is 20.7 Å². The van der Waals surface area contributed by atoms with Gasteiger partial charge in [0.1, 0.15) is 17.2 Å². The molecule has 1 amide bonds. The lowest BCUT2D eigenvalue weighted by Gasteiger charge is -2.35. The molecular formula is C20H20FN3O2S2. The van der Waals surface area contributed by atoms with Gasteiger partial charge in [0, 0.05) is 18.0 Å². The minimum Gasteiger partial charge on any atom is -0.372 e. The molecule has 0 aliphatic carbocycles. The van der Waals surface area contributed by atoms with Crippen LogP contribution in [0.5, 0.6) is 0 Å². The Kier molecular flexibility index (Phi) is 5.61. The monoisotopic (exact) mass is 417 g/mol. The molecule has 0 bridgehead atoms. The molecule has 1 aliphatic heterocycles. The van der Waals surface area contributed by atoms with Gasteiger partial charge in [-0.05, 0) is 37.6 Å². The van der Waals surface area contributed by atoms with Gasteiger partial charge < -0.3 is 9.64 Å². The summed E-state index contributed by atoms with van der Waals surface area (Å²) in [5.74, 6) is 0.162. The number of fused-ring (bicyclic) bond motifs is 1. The third kappa shape index (κ3) is 4.19. The van der Waals surface area contributed by atoms with Crippen molar-refractivity contribution in [2.24, 2.45) is 0 Å². The average molecular weight is 418 g/mol. The number of thioether (sulfide) groups is 1. The summed E-state index contributed by atoms with van der Waals surface area (Å²) < 4.78 is 19.8. The number of halogens is 1. The maximum absolute atomic E-state index is 13.2. The van der Waals surface area contributed by atoms with Crippen LogP contribution in [-0.2, 0) is 9.53 Å². The smallest absolute Gasteiger partial charge is 0.233 e. The number of carbonyl (C=O) groups is 1. The molecule has 146 valence electrons. The third-order valence-corrected chi connectivity index (χ3v) is 6.80. The highest BCUT2D eigenvalue weighted by atomic mass is 32.2. The van der Waals surface area contributed by atoms with Crippen LogP contribution in [-0.4, -0.2) is 51.8 Å². The molecule has 0 saturated carbocycles. The number of nitrogens with zero attached hydrogens (tertiary/aromatic N) is 3. The minimum absolute atomic E-state index is 0.0546. The Labute approximate surface area is 170 Å². The van der Waals surface area contributed by atoms with E-state index in [-0.39, 0.29) is 23.9 Å². The van der Waals surface area contributed by atoms with E-state index < -0.39 is 0 Å². The highest BCUT2D eigenvalue weighted by Gasteiger charge is 2.26. The summed E-state index contributed by atoms with van der Waals surface area (Å²) in [5.41, 5.74) is 1.77. The number of ether oxygens (including phenoxy) is 1. The molecule has 0 radical (unpaired) electrons. The van der Waals surface area contributed by atoms with Crippen LogP contribution in [0.1, 0.15) is 13.8 Å². The molecule has 3 heterocycles. The summed E-state index contributed by atoms with van der Waals surface area (Å²) in [7, 11) is 0. The number of morpholine rings is 1. The summed E-state index contributed by atoms with van der Waals surface area (Å²) in [6.45, 7) is 5.21. The van der Waals surface area contributed by atoms with E-state index in [1.807, 2.05) is 24.8 Å². The van der Waals surface area contributed by atoms with Crippen LogP contribution < -0.4 is 0 Å². The first kappa shape index (κ1) is 19.3. The van der Waals surface area contributed by atoms with Crippen LogP contribution in [0.4, 0.5) is 4.39 Å². The first-order chi connectivity index (χ1) is 13.5. The summed E-state index contributed by atoms with van der Waals surface area (Å²) in [5, 5.41) is 0.797. The zero-order valence-electron chi connectivity index (χ0n) is 15.6. The van der Waals surface area contributed by atoms with Crippen LogP contribution in [0.3, 0.4) is 0 Å². The van der Waals surface area contributed by atoms with Crippen LogP contribution >= 0.6 is 23.1 Å². The molecule has 1 aromatic carbocycles. The summed E-state index contributed by atoms with van der Waals surface area (Å²) in [6, 6.07) is 8.38. The molecule has 8 heteroatoms. The van der Waals surface area contributed by atoms with Gasteiger partial charge in [-0.15, -0.1) is 11.3 Å². The number of aromatic nitrogens is 2. The van der Waals surface area contributed by atoms with Crippen molar-refractivity contribution in [3.8, 4) is 10.4 Å². The van der Waals surface area contributed by atoms with E-state index >= 15 is 0 Å². The largest absolute Gasteiger partial charge is 0.372 e. The molecule has 2 unspecified atom stereocenters. The molecule has 5 nitrogen and oxygen atoms in total. The highest BCUT2D eigenvalue weighted by molar-refractivity contribution is 8.00. The van der Waals surface area contributed by atoms with Gasteiger partial charge in [0.15, 0.2) is 0 Å². The normalized spacial score (nSPS) is 19.9. The Morgan fingerprint density at radius 1 is 1.25 bits per heavy atom. The predicted octanol–water partition coefficient (Wildman–Crippen LogP) is 4.23. The number of hydrogen-bond donors (Lipinski definition) is 0. The third-order valence-electron chi connectivity index (χ3n) is 4.51. The van der Waals surface area contributed by atoms with Crippen LogP contribution in [0.2, 0.25) is 0 Å². The van der Waals surface area contributed by atoms with E-state index in [0.717, 1.165) is 25.7 Å². The van der Waals surface area contributed by atoms with Gasteiger partial charge in [-0.1, -0.05) is 23.9 Å². The van der Waals surface area contributed by atoms with E-state index in [1.165, 1.54) is 30.2 Å². The van der Waals surface area contributed by atoms with E-state index in [2.05, 4.69) is 9.97 Å². The van der Waals surface area contributed by atoms with Crippen LogP contribution in [0.15, 0.2) is 41.7 Å². The zero-order valence-corrected chi connectivity index (χ0v) is 17.2. The van der Waals surface area contributed by atoms with E-state index in [1.54, 1.807) is 23.5 Å². The molecular weight excluding hydrogens is 397 g/mol. The van der Waals surface area contributed by atoms with Gasteiger partial charge in [0.05, 0.1) is 28.2 Å². The number of rotatable bonds is 4. The highest BCUT2D eigenvalue weighted by Crippen LogP contribution is 2.37. The summed E-state index contributed by atoms with van der Waals surface area (Å²) in [6.07, 6.45) is 1.63. The number of hydrogen-bond acceptors (Lipinski definition) is 6. The standard InChI is InChI=1S/C20H20FN3O2S2/c1-12-8-24(9-13(2)26-12)18(25)10-27-20-19-16(22-11-23-20)7-17(28-19)14-3-5-15(21)6-4-14/h3-7,11-13H,8-10H2,1-2H3. The second-order valence-electron chi connectivity index (χ2n) is 6.86. The quantitative estimate of drug-likeness (QED) is 0.470. The first-order valence-electron chi connectivity index (χ1n) is 9.06. The summed E-state index contributed by atoms with van der Waals surface area (Å²) >= 11 is 2.99. The molecule has 0 N–H and O–H groups in total. The molecule has 0 spiro atoms. The topological polar surface area (TPSA) is 55.3 Å². The van der Waals surface area contributed by atoms with Gasteiger partial charge in [-0.3, -0.25) is 4.79 Å². The molecule has 1 fully saturated rings. The van der Waals surface area contributed by atoms with Crippen molar-refractivity contribution in [2.75, 3.05) is 18.8 Å². The fraction of sp³-hybridized carbons (Fsp3) is 0.350. The Morgan fingerprint density at radius 2 is 1.96 bits per heavy atom. The number of carbonyl (C=O) groups excluding carboxylic acids is 1. The molecule has 1 aliphatic rings. The van der Waals surface area contributed by atoms with Crippen molar-refractivity contribution in [2.45, 2.75) is 31.1 Å². The number of thiophene rings is 1. The van der Waals surface area contributed by atoms with Crippen LogP contribution in [0, 0.1) is 5.82 Å². The Balaban J connectivity index is 1.51. The lowest BCUT2D eigenvalue weighted by Crippen LogP contribution is -2.48. The number of benzene rings is 1. The van der Waals surface area contributed by atoms with Gasteiger partial charge in [-0.25, -0.2) is 14.4 Å². The average Bonchev–Trinajstić information content (AvgIpc) is 3.10. The zero-order chi connectivity index (χ0) is 19.7. The fourth-order valence-corrected chi connectivity index (χ4v) is 5.40. The Bertz CT molecular complexity index is 983. The van der Waals surface area contributed by atoms with E-state index in [4.69, 9.17) is 4.74 Å². The molecule has 1 saturated heterocycles. The second-order valence-corrected chi connectivity index (χ2v) is 8.87. The predicted molar refractivity (Wildman–Crippen MR) is 110 cm³/mol. The first-order valence-corrected chi connectivity index (χ1v) is 10.9. The Hall–Kier alpha value is -2.03. The minimum atomic E-state index is -0.258. The maximum atomic E-state index is 13.2. The number of amides is 1. The van der Waals surface area contributed by atoms with E-state index in [0.29, 0.717) is 18.8 Å². The molecule has 2 aromatic heterocycles. The van der Waals surface area contributed by atoms with Crippen molar-refractivity contribution < 1.29 is 13.9 Å². The van der Waals surface area contributed by atoms with Gasteiger partial charge >= 0.3 is 0 Å². The maximum Gasteiger partial charge on any atom is 0.233 e. The second kappa shape index (κ2) is 8.14. The van der Waals surface area contributed by atoms with Crippen molar-refractivity contribution in [1.29, 1.82) is 0 Å². The molecule has 28 heavy (non-hydrogen) atoms. The molecule has 4 rings (SSSR count). The van der Waals surface area contributed by atoms with Crippen molar-refractivity contribution in [3.05, 3.63) is 42.5 Å². The summed E-state index contributed by atoms with van der Waals surface area (Å²) in [4.78, 5) is 24.2. The van der Waals surface area contributed by atoms with E-state index in [9.17, 15) is 9.18 Å².